The third-order valence-corrected chi connectivity index (χ3v) is 4.60. The van der Waals surface area contributed by atoms with Gasteiger partial charge in [0.05, 0.1) is 11.1 Å². The van der Waals surface area contributed by atoms with Crippen molar-refractivity contribution in [2.45, 2.75) is 27.2 Å². The molecule has 0 fully saturated rings. The van der Waals surface area contributed by atoms with Gasteiger partial charge < -0.3 is 5.32 Å². The molecule has 0 aliphatic carbocycles. The van der Waals surface area contributed by atoms with Gasteiger partial charge in [-0.2, -0.15) is 0 Å². The van der Waals surface area contributed by atoms with Gasteiger partial charge in [-0.15, -0.1) is 0 Å². The van der Waals surface area contributed by atoms with Crippen molar-refractivity contribution in [2.75, 3.05) is 5.32 Å². The lowest BCUT2D eigenvalue weighted by Crippen LogP contribution is -2.14. The van der Waals surface area contributed by atoms with E-state index in [1.807, 2.05) is 56.3 Å². The lowest BCUT2D eigenvalue weighted by Gasteiger charge is -2.13. The van der Waals surface area contributed by atoms with Crippen LogP contribution in [0.15, 0.2) is 42.5 Å². The molecular formula is C20H19ClN2O. The van der Waals surface area contributed by atoms with Crippen LogP contribution < -0.4 is 5.32 Å². The van der Waals surface area contributed by atoms with Crippen LogP contribution in [0.2, 0.25) is 5.02 Å². The number of hydrogen-bond donors (Lipinski definition) is 1. The first-order valence-electron chi connectivity index (χ1n) is 7.97. The van der Waals surface area contributed by atoms with Gasteiger partial charge in [-0.25, -0.2) is 0 Å². The number of fused-ring (bicyclic) bond motifs is 1. The number of pyridine rings is 1. The summed E-state index contributed by atoms with van der Waals surface area (Å²) in [5.74, 6) is -0.131. The third kappa shape index (κ3) is 3.00. The number of amides is 1. The highest BCUT2D eigenvalue weighted by Gasteiger charge is 2.15. The van der Waals surface area contributed by atoms with Gasteiger partial charge in [0, 0.05) is 21.8 Å². The zero-order valence-corrected chi connectivity index (χ0v) is 14.7. The summed E-state index contributed by atoms with van der Waals surface area (Å²) in [6, 6.07) is 13.3. The molecule has 0 saturated heterocycles. The van der Waals surface area contributed by atoms with E-state index < -0.39 is 0 Å². The van der Waals surface area contributed by atoms with Crippen molar-refractivity contribution in [3.05, 3.63) is 69.9 Å². The molecule has 122 valence electrons. The van der Waals surface area contributed by atoms with Crippen LogP contribution in [0.5, 0.6) is 0 Å². The molecule has 4 heteroatoms. The Kier molecular flexibility index (Phi) is 4.54. The number of rotatable bonds is 3. The number of nitrogens with zero attached hydrogens (tertiary/aromatic N) is 1. The first kappa shape index (κ1) is 16.5. The quantitative estimate of drug-likeness (QED) is 0.702. The molecule has 0 atom stereocenters. The van der Waals surface area contributed by atoms with E-state index in [4.69, 9.17) is 11.6 Å². The van der Waals surface area contributed by atoms with Crippen molar-refractivity contribution >= 4 is 34.1 Å². The molecule has 0 spiro atoms. The fourth-order valence-corrected chi connectivity index (χ4v) is 3.01. The maximum atomic E-state index is 12.9. The first-order chi connectivity index (χ1) is 11.5. The Morgan fingerprint density at radius 3 is 2.67 bits per heavy atom. The second-order valence-electron chi connectivity index (χ2n) is 5.84. The molecule has 1 N–H and O–H groups in total. The minimum absolute atomic E-state index is 0.131. The van der Waals surface area contributed by atoms with Gasteiger partial charge >= 0.3 is 0 Å². The van der Waals surface area contributed by atoms with E-state index in [-0.39, 0.29) is 5.91 Å². The Balaban J connectivity index is 2.09. The summed E-state index contributed by atoms with van der Waals surface area (Å²) in [6.07, 6.45) is 0.862. The third-order valence-electron chi connectivity index (χ3n) is 4.19. The lowest BCUT2D eigenvalue weighted by molar-refractivity contribution is 0.102. The Morgan fingerprint density at radius 2 is 1.92 bits per heavy atom. The molecule has 1 aromatic heterocycles. The lowest BCUT2D eigenvalue weighted by atomic mass is 10.0. The smallest absolute Gasteiger partial charge is 0.256 e. The summed E-state index contributed by atoms with van der Waals surface area (Å²) >= 11 is 6.20. The number of carbonyl (C=O) groups is 1. The van der Waals surface area contributed by atoms with Gasteiger partial charge in [0.1, 0.15) is 0 Å². The molecule has 0 bridgehead atoms. The number of carbonyl (C=O) groups excluding carboxylic acids is 1. The Hall–Kier alpha value is -2.39. The Labute approximate surface area is 146 Å². The highest BCUT2D eigenvalue weighted by molar-refractivity contribution is 6.32. The summed E-state index contributed by atoms with van der Waals surface area (Å²) in [4.78, 5) is 17.4. The summed E-state index contributed by atoms with van der Waals surface area (Å²) in [5.41, 5.74) is 5.03. The molecule has 0 aliphatic heterocycles. The molecule has 24 heavy (non-hydrogen) atoms. The van der Waals surface area contributed by atoms with Crippen LogP contribution in [0, 0.1) is 13.8 Å². The van der Waals surface area contributed by atoms with Crippen LogP contribution in [-0.2, 0) is 6.42 Å². The van der Waals surface area contributed by atoms with E-state index in [0.717, 1.165) is 39.8 Å². The summed E-state index contributed by atoms with van der Waals surface area (Å²) in [6.45, 7) is 5.88. The topological polar surface area (TPSA) is 42.0 Å². The normalized spacial score (nSPS) is 10.8. The molecule has 3 rings (SSSR count). The summed E-state index contributed by atoms with van der Waals surface area (Å²) in [5, 5.41) is 4.50. The molecule has 1 amide bonds. The van der Waals surface area contributed by atoms with E-state index in [2.05, 4.69) is 17.2 Å². The van der Waals surface area contributed by atoms with E-state index in [1.54, 1.807) is 0 Å². The molecule has 0 unspecified atom stereocenters. The SMILES string of the molecule is CCc1ccccc1NC(=O)c1cc(C)nc2c(C)c(Cl)ccc12. The number of aromatic nitrogens is 1. The molecule has 3 nitrogen and oxygen atoms in total. The van der Waals surface area contributed by atoms with Crippen molar-refractivity contribution in [1.29, 1.82) is 0 Å². The summed E-state index contributed by atoms with van der Waals surface area (Å²) in [7, 11) is 0. The molecular weight excluding hydrogens is 320 g/mol. The van der Waals surface area contributed by atoms with Crippen molar-refractivity contribution < 1.29 is 4.79 Å². The van der Waals surface area contributed by atoms with E-state index >= 15 is 0 Å². The molecule has 0 aliphatic rings. The fourth-order valence-electron chi connectivity index (χ4n) is 2.86. The van der Waals surface area contributed by atoms with Crippen molar-refractivity contribution in [1.82, 2.24) is 4.98 Å². The van der Waals surface area contributed by atoms with Gasteiger partial charge in [-0.05, 0) is 49.6 Å². The second kappa shape index (κ2) is 6.62. The van der Waals surface area contributed by atoms with Crippen molar-refractivity contribution in [3.63, 3.8) is 0 Å². The van der Waals surface area contributed by atoms with E-state index in [1.165, 1.54) is 0 Å². The number of halogens is 1. The maximum Gasteiger partial charge on any atom is 0.256 e. The van der Waals surface area contributed by atoms with Crippen LogP contribution >= 0.6 is 11.6 Å². The standard InChI is InChI=1S/C20H19ClN2O/c1-4-14-7-5-6-8-18(14)23-20(24)16-11-12(2)22-19-13(3)17(21)10-9-15(16)19/h5-11H,4H2,1-3H3,(H,23,24). The predicted molar refractivity (Wildman–Crippen MR) is 100 cm³/mol. The van der Waals surface area contributed by atoms with Crippen LogP contribution in [0.1, 0.15) is 34.1 Å². The number of para-hydroxylation sites is 1. The number of nitrogens with one attached hydrogen (secondary N) is 1. The van der Waals surface area contributed by atoms with E-state index in [0.29, 0.717) is 10.6 Å². The highest BCUT2D eigenvalue weighted by atomic mass is 35.5. The van der Waals surface area contributed by atoms with Gasteiger partial charge in [-0.3, -0.25) is 9.78 Å². The van der Waals surface area contributed by atoms with Crippen molar-refractivity contribution in [2.24, 2.45) is 0 Å². The zero-order valence-electron chi connectivity index (χ0n) is 14.0. The van der Waals surface area contributed by atoms with Crippen LogP contribution in [0.3, 0.4) is 0 Å². The minimum Gasteiger partial charge on any atom is -0.322 e. The second-order valence-corrected chi connectivity index (χ2v) is 6.25. The highest BCUT2D eigenvalue weighted by Crippen LogP contribution is 2.27. The van der Waals surface area contributed by atoms with Gasteiger partial charge in [0.15, 0.2) is 0 Å². The van der Waals surface area contributed by atoms with Crippen LogP contribution in [-0.4, -0.2) is 10.9 Å². The van der Waals surface area contributed by atoms with Crippen molar-refractivity contribution in [3.8, 4) is 0 Å². The Bertz CT molecular complexity index is 934. The number of hydrogen-bond acceptors (Lipinski definition) is 2. The molecule has 0 saturated carbocycles. The predicted octanol–water partition coefficient (Wildman–Crippen LogP) is 5.32. The Morgan fingerprint density at radius 1 is 1.17 bits per heavy atom. The molecule has 3 aromatic rings. The van der Waals surface area contributed by atoms with Gasteiger partial charge in [0.2, 0.25) is 0 Å². The summed E-state index contributed by atoms with van der Waals surface area (Å²) < 4.78 is 0. The molecule has 1 heterocycles. The number of aryl methyl sites for hydroxylation is 3. The van der Waals surface area contributed by atoms with Crippen LogP contribution in [0.25, 0.3) is 10.9 Å². The average molecular weight is 339 g/mol. The van der Waals surface area contributed by atoms with Gasteiger partial charge in [-0.1, -0.05) is 42.8 Å². The largest absolute Gasteiger partial charge is 0.322 e. The monoisotopic (exact) mass is 338 g/mol. The fraction of sp³-hybridized carbons (Fsp3) is 0.200. The average Bonchev–Trinajstić information content (AvgIpc) is 2.58. The molecule has 2 aromatic carbocycles. The van der Waals surface area contributed by atoms with Crippen LogP contribution in [0.4, 0.5) is 5.69 Å². The zero-order chi connectivity index (χ0) is 17.3. The molecule has 0 radical (unpaired) electrons. The van der Waals surface area contributed by atoms with E-state index in [9.17, 15) is 4.79 Å². The maximum absolute atomic E-state index is 12.9. The number of anilines is 1. The minimum atomic E-state index is -0.131. The number of benzene rings is 2. The van der Waals surface area contributed by atoms with Gasteiger partial charge in [0.25, 0.3) is 5.91 Å². The first-order valence-corrected chi connectivity index (χ1v) is 8.34.